The van der Waals surface area contributed by atoms with E-state index in [1.165, 1.54) is 11.3 Å². The summed E-state index contributed by atoms with van der Waals surface area (Å²) in [5, 5.41) is 6.57. The van der Waals surface area contributed by atoms with Crippen LogP contribution in [0.1, 0.15) is 0 Å². The van der Waals surface area contributed by atoms with Gasteiger partial charge in [-0.25, -0.2) is 9.78 Å². The fourth-order valence-electron chi connectivity index (χ4n) is 1.66. The van der Waals surface area contributed by atoms with Gasteiger partial charge in [-0.15, -0.1) is 0 Å². The van der Waals surface area contributed by atoms with Crippen molar-refractivity contribution in [1.82, 2.24) is 4.98 Å². The van der Waals surface area contributed by atoms with E-state index >= 15 is 0 Å². The number of halogens is 1. The summed E-state index contributed by atoms with van der Waals surface area (Å²) in [5.74, 6) is 0. The van der Waals surface area contributed by atoms with Crippen LogP contribution in [0.3, 0.4) is 0 Å². The molecule has 0 unspecified atom stereocenters. The first-order valence-electron chi connectivity index (χ1n) is 5.81. The van der Waals surface area contributed by atoms with Gasteiger partial charge in [0.05, 0.1) is 0 Å². The van der Waals surface area contributed by atoms with E-state index in [0.717, 1.165) is 10.2 Å². The number of para-hydroxylation sites is 1. The SMILES string of the molecule is O=C(Nc1ccc(Cl)cc1)Nc1nc2[c-]cccc2s1.[CH3-].[U+2]. The van der Waals surface area contributed by atoms with E-state index in [9.17, 15) is 4.79 Å². The van der Waals surface area contributed by atoms with E-state index < -0.39 is 0 Å². The predicted molar refractivity (Wildman–Crippen MR) is 89.0 cm³/mol. The summed E-state index contributed by atoms with van der Waals surface area (Å²) in [7, 11) is 0. The van der Waals surface area contributed by atoms with Crippen LogP contribution in [0.5, 0.6) is 0 Å². The van der Waals surface area contributed by atoms with E-state index in [4.69, 9.17) is 11.6 Å². The van der Waals surface area contributed by atoms with Crippen LogP contribution in [0.4, 0.5) is 15.6 Å². The second-order valence-electron chi connectivity index (χ2n) is 3.99. The molecule has 7 heteroatoms. The van der Waals surface area contributed by atoms with Crippen LogP contribution in [0.25, 0.3) is 10.2 Å². The van der Waals surface area contributed by atoms with Crippen LogP contribution in [0.15, 0.2) is 42.5 Å². The molecule has 0 aliphatic rings. The quantitative estimate of drug-likeness (QED) is 0.445. The average molecular weight is 556 g/mol. The van der Waals surface area contributed by atoms with E-state index in [0.29, 0.717) is 15.8 Å². The van der Waals surface area contributed by atoms with E-state index in [2.05, 4.69) is 21.7 Å². The molecule has 3 rings (SSSR count). The van der Waals surface area contributed by atoms with E-state index in [-0.39, 0.29) is 44.6 Å². The largest absolute Gasteiger partial charge is 2.00 e. The van der Waals surface area contributed by atoms with Gasteiger partial charge in [0.1, 0.15) is 0 Å². The van der Waals surface area contributed by atoms with Crippen molar-refractivity contribution in [2.75, 3.05) is 10.6 Å². The number of amides is 2. The maximum atomic E-state index is 11.8. The van der Waals surface area contributed by atoms with Gasteiger partial charge in [-0.2, -0.15) is 35.6 Å². The third kappa shape index (κ3) is 4.72. The molecule has 0 atom stereocenters. The third-order valence-electron chi connectivity index (χ3n) is 2.54. The molecule has 1 heterocycles. The average Bonchev–Trinajstić information content (AvgIpc) is 2.83. The molecule has 0 aliphatic heterocycles. The van der Waals surface area contributed by atoms with Crippen LogP contribution in [0.2, 0.25) is 5.02 Å². The van der Waals surface area contributed by atoms with E-state index in [1.54, 1.807) is 30.3 Å². The molecule has 4 nitrogen and oxygen atoms in total. The van der Waals surface area contributed by atoms with Crippen molar-refractivity contribution >= 4 is 50.0 Å². The zero-order chi connectivity index (χ0) is 13.9. The van der Waals surface area contributed by atoms with Crippen molar-refractivity contribution in [1.29, 1.82) is 0 Å². The Morgan fingerprint density at radius 3 is 2.59 bits per heavy atom. The molecule has 0 fully saturated rings. The molecule has 110 valence electrons. The summed E-state index contributed by atoms with van der Waals surface area (Å²) < 4.78 is 0.981. The smallest absolute Gasteiger partial charge is 0.358 e. The van der Waals surface area contributed by atoms with Gasteiger partial charge in [0.25, 0.3) is 0 Å². The van der Waals surface area contributed by atoms with Crippen LogP contribution in [-0.4, -0.2) is 11.0 Å². The molecule has 0 saturated carbocycles. The molecule has 1 aromatic heterocycles. The van der Waals surface area contributed by atoms with Gasteiger partial charge in [-0.05, 0) is 29.8 Å². The molecular weight excluding hydrogens is 544 g/mol. The van der Waals surface area contributed by atoms with Crippen LogP contribution >= 0.6 is 22.9 Å². The van der Waals surface area contributed by atoms with E-state index in [1.807, 2.05) is 12.1 Å². The number of hydrogen-bond donors (Lipinski definition) is 2. The third-order valence-corrected chi connectivity index (χ3v) is 3.73. The maximum Gasteiger partial charge on any atom is 2.00 e. The van der Waals surface area contributed by atoms with Gasteiger partial charge in [-0.3, -0.25) is 5.32 Å². The monoisotopic (exact) mass is 555 g/mol. The second-order valence-corrected chi connectivity index (χ2v) is 5.46. The Bertz CT molecular complexity index is 728. The predicted octanol–water partition coefficient (Wildman–Crippen LogP) is 4.84. The Balaban J connectivity index is 0.00000121. The summed E-state index contributed by atoms with van der Waals surface area (Å²) in [6.45, 7) is 0. The number of fused-ring (bicyclic) bond motifs is 1. The number of benzene rings is 2. The number of rotatable bonds is 2. The van der Waals surface area contributed by atoms with Gasteiger partial charge in [0, 0.05) is 10.7 Å². The number of thiazole rings is 1. The summed E-state index contributed by atoms with van der Waals surface area (Å²) >= 11 is 7.19. The Morgan fingerprint density at radius 1 is 1.18 bits per heavy atom. The number of urea groups is 1. The molecule has 2 amide bonds. The first-order valence-corrected chi connectivity index (χ1v) is 7.01. The summed E-state index contributed by atoms with van der Waals surface area (Å²) in [5.41, 5.74) is 1.42. The van der Waals surface area contributed by atoms with Crippen molar-refractivity contribution in [3.05, 3.63) is 61.0 Å². The number of nitrogens with zero attached hydrogens (tertiary/aromatic N) is 1. The summed E-state index contributed by atoms with van der Waals surface area (Å²) in [4.78, 5) is 16.1. The fourth-order valence-corrected chi connectivity index (χ4v) is 2.62. The number of carbonyl (C=O) groups is 1. The minimum atomic E-state index is -0.341. The molecule has 2 aromatic carbocycles. The normalized spacial score (nSPS) is 9.50. The molecule has 2 N–H and O–H groups in total. The molecule has 0 spiro atoms. The zero-order valence-electron chi connectivity index (χ0n) is 11.7. The number of nitrogens with one attached hydrogen (secondary N) is 2. The van der Waals surface area contributed by atoms with Crippen molar-refractivity contribution in [2.24, 2.45) is 0 Å². The first-order chi connectivity index (χ1) is 9.70. The van der Waals surface area contributed by atoms with Gasteiger partial charge >= 0.3 is 37.1 Å². The van der Waals surface area contributed by atoms with Crippen molar-refractivity contribution in [3.63, 3.8) is 0 Å². The maximum absolute atomic E-state index is 11.8. The van der Waals surface area contributed by atoms with Gasteiger partial charge < -0.3 is 12.7 Å². The number of anilines is 2. The summed E-state index contributed by atoms with van der Waals surface area (Å²) in [6, 6.07) is 15.2. The van der Waals surface area contributed by atoms with Gasteiger partial charge in [0.15, 0.2) is 5.13 Å². The first kappa shape index (κ1) is 19.0. The Morgan fingerprint density at radius 2 is 1.91 bits per heavy atom. The molecule has 0 radical (unpaired) electrons. The van der Waals surface area contributed by atoms with Gasteiger partial charge in [0.2, 0.25) is 0 Å². The Hall–Kier alpha value is -1.06. The molecule has 0 bridgehead atoms. The number of aromatic nitrogens is 1. The minimum absolute atomic E-state index is 0. The van der Waals surface area contributed by atoms with Gasteiger partial charge in [-0.1, -0.05) is 16.3 Å². The second kappa shape index (κ2) is 8.54. The molecule has 0 saturated heterocycles. The van der Waals surface area contributed by atoms with Crippen LogP contribution in [0, 0.1) is 44.6 Å². The zero-order valence-corrected chi connectivity index (χ0v) is 17.4. The molecule has 22 heavy (non-hydrogen) atoms. The van der Waals surface area contributed by atoms with Crippen molar-refractivity contribution in [3.8, 4) is 0 Å². The molecular formula is C15H12ClN3OSU. The number of hydrogen-bond acceptors (Lipinski definition) is 3. The number of carbonyl (C=O) groups excluding carboxylic acids is 1. The Labute approximate surface area is 161 Å². The van der Waals surface area contributed by atoms with Crippen LogP contribution < -0.4 is 10.6 Å². The Kier molecular flexibility index (Phi) is 7.37. The fraction of sp³-hybridized carbons (Fsp3) is 0. The molecule has 0 aliphatic carbocycles. The van der Waals surface area contributed by atoms with Crippen LogP contribution in [-0.2, 0) is 0 Å². The van der Waals surface area contributed by atoms with Crippen molar-refractivity contribution < 1.29 is 35.9 Å². The molecule has 3 aromatic rings. The topological polar surface area (TPSA) is 54.0 Å². The standard InChI is InChI=1S/C14H9ClN3OS.CH3.U/c15-9-5-7-10(8-6-9)16-13(19)18-14-17-11-3-1-2-4-12(11)20-14;;/h1-2,4-8H,(H2,16,17,18,19);1H3;/q2*-1;+2. The minimum Gasteiger partial charge on any atom is -0.358 e. The van der Waals surface area contributed by atoms with Crippen molar-refractivity contribution in [2.45, 2.75) is 0 Å². The summed E-state index contributed by atoms with van der Waals surface area (Å²) in [6.07, 6.45) is 0.